The standard InChI is InChI=1S/C26H35N5O3/c1-18(2)28-26(34)27-16-21-8-10-22(11-9-21)25(33)31-14-12-30(13-15-31)17-24(32)29-23-7-5-6-19(3)20(23)4/h5-11,18H,12-17H2,1-4H3,(H,29,32)(H2,27,28,34). The fourth-order valence-electron chi connectivity index (χ4n) is 3.83. The van der Waals surface area contributed by atoms with Crippen molar-refractivity contribution in [2.24, 2.45) is 0 Å². The van der Waals surface area contributed by atoms with Gasteiger partial charge in [-0.1, -0.05) is 24.3 Å². The third kappa shape index (κ3) is 7.05. The summed E-state index contributed by atoms with van der Waals surface area (Å²) >= 11 is 0. The van der Waals surface area contributed by atoms with Crippen LogP contribution in [-0.4, -0.2) is 66.4 Å². The molecule has 0 bridgehead atoms. The highest BCUT2D eigenvalue weighted by Crippen LogP contribution is 2.18. The monoisotopic (exact) mass is 465 g/mol. The molecule has 8 nitrogen and oxygen atoms in total. The summed E-state index contributed by atoms with van der Waals surface area (Å²) in [5, 5.41) is 8.58. The zero-order valence-corrected chi connectivity index (χ0v) is 20.5. The van der Waals surface area contributed by atoms with Crippen LogP contribution >= 0.6 is 0 Å². The number of anilines is 1. The van der Waals surface area contributed by atoms with Crippen LogP contribution in [0.4, 0.5) is 10.5 Å². The molecule has 1 heterocycles. The largest absolute Gasteiger partial charge is 0.336 e. The summed E-state index contributed by atoms with van der Waals surface area (Å²) in [5.74, 6) is -0.0590. The van der Waals surface area contributed by atoms with Crippen LogP contribution in [0.25, 0.3) is 0 Å². The van der Waals surface area contributed by atoms with E-state index in [9.17, 15) is 14.4 Å². The highest BCUT2D eigenvalue weighted by Gasteiger charge is 2.23. The molecule has 0 atom stereocenters. The predicted octanol–water partition coefficient (Wildman–Crippen LogP) is 2.91. The van der Waals surface area contributed by atoms with Crippen molar-refractivity contribution in [3.8, 4) is 0 Å². The minimum atomic E-state index is -0.212. The lowest BCUT2D eigenvalue weighted by Gasteiger charge is -2.34. The van der Waals surface area contributed by atoms with E-state index >= 15 is 0 Å². The summed E-state index contributed by atoms with van der Waals surface area (Å²) in [4.78, 5) is 41.0. The maximum atomic E-state index is 12.9. The van der Waals surface area contributed by atoms with Crippen molar-refractivity contribution >= 4 is 23.5 Å². The Balaban J connectivity index is 1.44. The van der Waals surface area contributed by atoms with Gasteiger partial charge < -0.3 is 20.9 Å². The number of amides is 4. The Morgan fingerprint density at radius 3 is 2.26 bits per heavy atom. The molecule has 0 aromatic heterocycles. The predicted molar refractivity (Wildman–Crippen MR) is 134 cm³/mol. The summed E-state index contributed by atoms with van der Waals surface area (Å²) in [6, 6.07) is 13.1. The highest BCUT2D eigenvalue weighted by molar-refractivity contribution is 5.94. The van der Waals surface area contributed by atoms with Crippen LogP contribution in [0.5, 0.6) is 0 Å². The number of carbonyl (C=O) groups is 3. The zero-order chi connectivity index (χ0) is 24.7. The SMILES string of the molecule is Cc1cccc(NC(=O)CN2CCN(C(=O)c3ccc(CNC(=O)NC(C)C)cc3)CC2)c1C. The molecule has 0 unspecified atom stereocenters. The van der Waals surface area contributed by atoms with E-state index in [4.69, 9.17) is 0 Å². The number of benzene rings is 2. The van der Waals surface area contributed by atoms with Gasteiger partial charge in [0.05, 0.1) is 6.54 Å². The number of hydrogen-bond donors (Lipinski definition) is 3. The Labute approximate surface area is 201 Å². The molecule has 34 heavy (non-hydrogen) atoms. The molecule has 0 spiro atoms. The van der Waals surface area contributed by atoms with Gasteiger partial charge >= 0.3 is 6.03 Å². The van der Waals surface area contributed by atoms with Crippen molar-refractivity contribution in [2.75, 3.05) is 38.0 Å². The van der Waals surface area contributed by atoms with E-state index in [1.807, 2.05) is 62.9 Å². The van der Waals surface area contributed by atoms with Crippen LogP contribution in [0.15, 0.2) is 42.5 Å². The first-order chi connectivity index (χ1) is 16.2. The second-order valence-electron chi connectivity index (χ2n) is 9.04. The average molecular weight is 466 g/mol. The number of urea groups is 1. The molecule has 8 heteroatoms. The van der Waals surface area contributed by atoms with Crippen LogP contribution in [0, 0.1) is 13.8 Å². The lowest BCUT2D eigenvalue weighted by Crippen LogP contribution is -2.50. The Morgan fingerprint density at radius 2 is 1.62 bits per heavy atom. The molecule has 1 aliphatic rings. The van der Waals surface area contributed by atoms with Gasteiger partial charge in [-0.3, -0.25) is 14.5 Å². The molecule has 0 radical (unpaired) electrons. The first-order valence-corrected chi connectivity index (χ1v) is 11.7. The minimum Gasteiger partial charge on any atom is -0.336 e. The number of piperazine rings is 1. The number of rotatable bonds is 7. The topological polar surface area (TPSA) is 93.8 Å². The molecule has 3 rings (SSSR count). The summed E-state index contributed by atoms with van der Waals surface area (Å²) < 4.78 is 0. The van der Waals surface area contributed by atoms with E-state index in [0.717, 1.165) is 22.4 Å². The molecule has 2 aromatic carbocycles. The van der Waals surface area contributed by atoms with E-state index < -0.39 is 0 Å². The minimum absolute atomic E-state index is 0.0171. The van der Waals surface area contributed by atoms with Gasteiger partial charge in [0, 0.05) is 50.0 Å². The quantitative estimate of drug-likeness (QED) is 0.586. The highest BCUT2D eigenvalue weighted by atomic mass is 16.2. The summed E-state index contributed by atoms with van der Waals surface area (Å²) in [6.45, 7) is 11.0. The third-order valence-corrected chi connectivity index (χ3v) is 5.98. The van der Waals surface area contributed by atoms with E-state index in [1.165, 1.54) is 0 Å². The van der Waals surface area contributed by atoms with Gasteiger partial charge in [0.1, 0.15) is 0 Å². The average Bonchev–Trinajstić information content (AvgIpc) is 2.80. The van der Waals surface area contributed by atoms with Gasteiger partial charge in [-0.25, -0.2) is 4.79 Å². The molecule has 4 amide bonds. The number of nitrogens with zero attached hydrogens (tertiary/aromatic N) is 2. The normalized spacial score (nSPS) is 14.1. The Bertz CT molecular complexity index is 1010. The number of nitrogens with one attached hydrogen (secondary N) is 3. The maximum absolute atomic E-state index is 12.9. The lowest BCUT2D eigenvalue weighted by atomic mass is 10.1. The van der Waals surface area contributed by atoms with Crippen molar-refractivity contribution in [1.82, 2.24) is 20.4 Å². The smallest absolute Gasteiger partial charge is 0.315 e. The van der Waals surface area contributed by atoms with Gasteiger partial charge in [-0.2, -0.15) is 0 Å². The number of carbonyl (C=O) groups excluding carboxylic acids is 3. The van der Waals surface area contributed by atoms with E-state index in [0.29, 0.717) is 44.8 Å². The van der Waals surface area contributed by atoms with E-state index in [1.54, 1.807) is 12.1 Å². The van der Waals surface area contributed by atoms with E-state index in [2.05, 4.69) is 20.9 Å². The Kier molecular flexibility index (Phi) is 8.65. The van der Waals surface area contributed by atoms with Gasteiger partial charge in [0.2, 0.25) is 5.91 Å². The second kappa shape index (κ2) is 11.7. The molecule has 1 saturated heterocycles. The molecule has 3 N–H and O–H groups in total. The van der Waals surface area contributed by atoms with Crippen molar-refractivity contribution in [3.63, 3.8) is 0 Å². The molecule has 182 valence electrons. The maximum Gasteiger partial charge on any atom is 0.315 e. The van der Waals surface area contributed by atoms with Gasteiger partial charge in [-0.05, 0) is 62.6 Å². The fourth-order valence-corrected chi connectivity index (χ4v) is 3.83. The molecule has 0 saturated carbocycles. The van der Waals surface area contributed by atoms with Crippen molar-refractivity contribution < 1.29 is 14.4 Å². The summed E-state index contributed by atoms with van der Waals surface area (Å²) in [6.07, 6.45) is 0. The molecular formula is C26H35N5O3. The molecule has 0 aliphatic carbocycles. The third-order valence-electron chi connectivity index (χ3n) is 5.98. The molecule has 1 aliphatic heterocycles. The fraction of sp³-hybridized carbons (Fsp3) is 0.423. The second-order valence-corrected chi connectivity index (χ2v) is 9.04. The zero-order valence-electron chi connectivity index (χ0n) is 20.5. The summed E-state index contributed by atoms with van der Waals surface area (Å²) in [7, 11) is 0. The van der Waals surface area contributed by atoms with Crippen molar-refractivity contribution in [3.05, 3.63) is 64.7 Å². The lowest BCUT2D eigenvalue weighted by molar-refractivity contribution is -0.117. The Morgan fingerprint density at radius 1 is 0.941 bits per heavy atom. The van der Waals surface area contributed by atoms with Gasteiger partial charge in [-0.15, -0.1) is 0 Å². The first-order valence-electron chi connectivity index (χ1n) is 11.7. The van der Waals surface area contributed by atoms with Crippen LogP contribution < -0.4 is 16.0 Å². The Hall–Kier alpha value is -3.39. The van der Waals surface area contributed by atoms with Crippen LogP contribution in [0.2, 0.25) is 0 Å². The van der Waals surface area contributed by atoms with E-state index in [-0.39, 0.29) is 23.9 Å². The van der Waals surface area contributed by atoms with Crippen molar-refractivity contribution in [1.29, 1.82) is 0 Å². The van der Waals surface area contributed by atoms with Crippen molar-refractivity contribution in [2.45, 2.75) is 40.3 Å². The number of hydrogen-bond acceptors (Lipinski definition) is 4. The molecular weight excluding hydrogens is 430 g/mol. The van der Waals surface area contributed by atoms with Crippen LogP contribution in [0.1, 0.15) is 40.9 Å². The van der Waals surface area contributed by atoms with Gasteiger partial charge in [0.25, 0.3) is 5.91 Å². The van der Waals surface area contributed by atoms with Crippen LogP contribution in [0.3, 0.4) is 0 Å². The summed E-state index contributed by atoms with van der Waals surface area (Å²) in [5.41, 5.74) is 4.61. The number of aryl methyl sites for hydroxylation is 1. The molecule has 2 aromatic rings. The molecule has 1 fully saturated rings. The van der Waals surface area contributed by atoms with Gasteiger partial charge in [0.15, 0.2) is 0 Å². The van der Waals surface area contributed by atoms with Crippen LogP contribution in [-0.2, 0) is 11.3 Å². The first kappa shape index (κ1) is 25.2.